The number of hydrogen-bond donors (Lipinski definition) is 0. The second-order valence-corrected chi connectivity index (χ2v) is 17.0. The standard InChI is InChI=1S/C50H91NO9/c1-5-8-11-14-17-18-19-20-21-22-23-24-25-26-29-35-47(52)57-41-45(43-59-50(54)60-44-46-34-30-31-38-51(46)4)42-58-48(53)36-37-49(55-39-32-27-15-12-9-6-2)56-40-33-28-16-13-10-7-3/h17-18,20-21,45-46,49H,5-16,19,22-44H2,1-4H3/b18-17-,21-20-. The van der Waals surface area contributed by atoms with E-state index in [2.05, 4.69) is 50.0 Å². The number of piperidine rings is 1. The summed E-state index contributed by atoms with van der Waals surface area (Å²) in [4.78, 5) is 40.4. The minimum absolute atomic E-state index is 0.0175. The highest BCUT2D eigenvalue weighted by Crippen LogP contribution is 2.17. The Labute approximate surface area is 367 Å². The lowest BCUT2D eigenvalue weighted by Crippen LogP contribution is -2.40. The quantitative estimate of drug-likeness (QED) is 0.0194. The van der Waals surface area contributed by atoms with Crippen LogP contribution >= 0.6 is 0 Å². The van der Waals surface area contributed by atoms with Gasteiger partial charge in [-0.05, 0) is 77.8 Å². The molecule has 0 radical (unpaired) electrons. The predicted octanol–water partition coefficient (Wildman–Crippen LogP) is 13.0. The van der Waals surface area contributed by atoms with Crippen LogP contribution in [0.25, 0.3) is 0 Å². The monoisotopic (exact) mass is 850 g/mol. The van der Waals surface area contributed by atoms with E-state index in [1.54, 1.807) is 0 Å². The predicted molar refractivity (Wildman–Crippen MR) is 244 cm³/mol. The summed E-state index contributed by atoms with van der Waals surface area (Å²) in [7, 11) is 2.04. The molecule has 0 bridgehead atoms. The maximum Gasteiger partial charge on any atom is 0.508 e. The number of ether oxygens (including phenoxy) is 6. The van der Waals surface area contributed by atoms with Crippen LogP contribution in [0.3, 0.4) is 0 Å². The fourth-order valence-electron chi connectivity index (χ4n) is 7.18. The molecular formula is C50H91NO9. The number of carbonyl (C=O) groups is 3. The van der Waals surface area contributed by atoms with E-state index in [0.717, 1.165) is 96.4 Å². The molecule has 1 rings (SSSR count). The number of likely N-dealkylation sites (tertiary alicyclic amines) is 1. The van der Waals surface area contributed by atoms with E-state index in [1.807, 2.05) is 7.05 Å². The van der Waals surface area contributed by atoms with Crippen LogP contribution in [0.4, 0.5) is 4.79 Å². The molecule has 0 amide bonds. The molecule has 1 aliphatic heterocycles. The molecule has 350 valence electrons. The van der Waals surface area contributed by atoms with Crippen molar-refractivity contribution in [2.24, 2.45) is 5.92 Å². The van der Waals surface area contributed by atoms with Gasteiger partial charge in [-0.1, -0.05) is 148 Å². The average molecular weight is 850 g/mol. The van der Waals surface area contributed by atoms with Crippen LogP contribution in [0.2, 0.25) is 0 Å². The zero-order valence-electron chi connectivity index (χ0n) is 39.1. The number of nitrogens with zero attached hydrogens (tertiary/aromatic N) is 1. The van der Waals surface area contributed by atoms with Crippen LogP contribution in [-0.4, -0.2) is 88.6 Å². The van der Waals surface area contributed by atoms with E-state index in [-0.39, 0.29) is 44.9 Å². The molecular weight excluding hydrogens is 759 g/mol. The van der Waals surface area contributed by atoms with Gasteiger partial charge < -0.3 is 33.3 Å². The van der Waals surface area contributed by atoms with Gasteiger partial charge in [-0.3, -0.25) is 9.59 Å². The van der Waals surface area contributed by atoms with Crippen molar-refractivity contribution in [3.05, 3.63) is 24.3 Å². The van der Waals surface area contributed by atoms with Crippen molar-refractivity contribution in [2.45, 2.75) is 219 Å². The molecule has 0 aromatic heterocycles. The van der Waals surface area contributed by atoms with E-state index in [9.17, 15) is 14.4 Å². The first kappa shape index (κ1) is 55.6. The molecule has 0 saturated carbocycles. The Kier molecular flexibility index (Phi) is 38.8. The topological polar surface area (TPSA) is 110 Å². The van der Waals surface area contributed by atoms with Gasteiger partial charge in [0, 0.05) is 32.1 Å². The van der Waals surface area contributed by atoms with Gasteiger partial charge in [0.15, 0.2) is 6.29 Å². The fraction of sp³-hybridized carbons (Fsp3) is 0.860. The normalized spacial score (nSPS) is 15.2. The first-order valence-electron chi connectivity index (χ1n) is 24.7. The average Bonchev–Trinajstić information content (AvgIpc) is 3.25. The van der Waals surface area contributed by atoms with Gasteiger partial charge >= 0.3 is 18.1 Å². The fourth-order valence-corrected chi connectivity index (χ4v) is 7.18. The second kappa shape index (κ2) is 41.9. The van der Waals surface area contributed by atoms with Crippen molar-refractivity contribution < 1.29 is 42.8 Å². The Morgan fingerprint density at radius 2 is 1.07 bits per heavy atom. The third-order valence-corrected chi connectivity index (χ3v) is 11.2. The minimum Gasteiger partial charge on any atom is -0.465 e. The van der Waals surface area contributed by atoms with Gasteiger partial charge in [0.25, 0.3) is 0 Å². The number of hydrogen-bond acceptors (Lipinski definition) is 10. The zero-order chi connectivity index (χ0) is 43.6. The summed E-state index contributed by atoms with van der Waals surface area (Å²) in [6, 6.07) is 0.173. The van der Waals surface area contributed by atoms with E-state index in [0.29, 0.717) is 26.1 Å². The number of likely N-dealkylation sites (N-methyl/N-ethyl adjacent to an activating group) is 1. The molecule has 0 aliphatic carbocycles. The zero-order valence-corrected chi connectivity index (χ0v) is 39.1. The first-order valence-corrected chi connectivity index (χ1v) is 24.7. The molecule has 0 spiro atoms. The molecule has 1 saturated heterocycles. The van der Waals surface area contributed by atoms with Gasteiger partial charge in [-0.15, -0.1) is 0 Å². The lowest BCUT2D eigenvalue weighted by Gasteiger charge is -2.31. The van der Waals surface area contributed by atoms with Gasteiger partial charge in [0.2, 0.25) is 0 Å². The molecule has 1 heterocycles. The molecule has 60 heavy (non-hydrogen) atoms. The van der Waals surface area contributed by atoms with Crippen LogP contribution in [0.5, 0.6) is 0 Å². The summed E-state index contributed by atoms with van der Waals surface area (Å²) < 4.78 is 34.3. The SMILES string of the molecule is CCCCC/C=C\C/C=C\CCCCCCCC(=O)OCC(COC(=O)CCC(OCCCCCCCC)OCCCCCCCC)COC(=O)OCC1CCCCN1C. The Hall–Kier alpha value is -2.43. The highest BCUT2D eigenvalue weighted by atomic mass is 16.7. The summed E-state index contributed by atoms with van der Waals surface area (Å²) in [6.45, 7) is 8.98. The third kappa shape index (κ3) is 35.2. The highest BCUT2D eigenvalue weighted by molar-refractivity contribution is 5.69. The van der Waals surface area contributed by atoms with E-state index in [1.165, 1.54) is 77.0 Å². The Bertz CT molecular complexity index is 1050. The molecule has 10 nitrogen and oxygen atoms in total. The lowest BCUT2D eigenvalue weighted by atomic mass is 10.0. The van der Waals surface area contributed by atoms with E-state index < -0.39 is 24.3 Å². The maximum absolute atomic E-state index is 13.0. The van der Waals surface area contributed by atoms with Gasteiger partial charge in [-0.25, -0.2) is 4.79 Å². The van der Waals surface area contributed by atoms with Crippen molar-refractivity contribution in [3.8, 4) is 0 Å². The summed E-state index contributed by atoms with van der Waals surface area (Å²) >= 11 is 0. The molecule has 2 atom stereocenters. The van der Waals surface area contributed by atoms with Crippen molar-refractivity contribution in [1.82, 2.24) is 4.90 Å². The lowest BCUT2D eigenvalue weighted by molar-refractivity contribution is -0.161. The van der Waals surface area contributed by atoms with Crippen molar-refractivity contribution in [1.29, 1.82) is 0 Å². The first-order chi connectivity index (χ1) is 29.4. The number of allylic oxidation sites excluding steroid dienone is 4. The van der Waals surface area contributed by atoms with Gasteiger partial charge in [-0.2, -0.15) is 0 Å². The molecule has 10 heteroatoms. The van der Waals surface area contributed by atoms with Gasteiger partial charge in [0.1, 0.15) is 26.4 Å². The smallest absolute Gasteiger partial charge is 0.465 e. The molecule has 0 N–H and O–H groups in total. The van der Waals surface area contributed by atoms with Crippen LogP contribution in [0.15, 0.2) is 24.3 Å². The van der Waals surface area contributed by atoms with Crippen molar-refractivity contribution in [2.75, 3.05) is 53.2 Å². The summed E-state index contributed by atoms with van der Waals surface area (Å²) in [5.74, 6) is -1.21. The number of rotatable bonds is 41. The Morgan fingerprint density at radius 3 is 1.67 bits per heavy atom. The summed E-state index contributed by atoms with van der Waals surface area (Å²) in [6.07, 6.45) is 38.3. The summed E-state index contributed by atoms with van der Waals surface area (Å²) in [5, 5.41) is 0. The Balaban J connectivity index is 2.53. The largest absolute Gasteiger partial charge is 0.508 e. The minimum atomic E-state index is -0.769. The van der Waals surface area contributed by atoms with Crippen molar-refractivity contribution >= 4 is 18.1 Å². The van der Waals surface area contributed by atoms with Crippen molar-refractivity contribution in [3.63, 3.8) is 0 Å². The second-order valence-electron chi connectivity index (χ2n) is 17.0. The Morgan fingerprint density at radius 1 is 0.567 bits per heavy atom. The number of unbranched alkanes of at least 4 members (excludes halogenated alkanes) is 18. The molecule has 1 fully saturated rings. The van der Waals surface area contributed by atoms with E-state index in [4.69, 9.17) is 28.4 Å². The van der Waals surface area contributed by atoms with E-state index >= 15 is 0 Å². The van der Waals surface area contributed by atoms with Crippen LogP contribution in [0, 0.1) is 5.92 Å². The number of esters is 2. The molecule has 0 aromatic carbocycles. The van der Waals surface area contributed by atoms with Crippen LogP contribution < -0.4 is 0 Å². The summed E-state index contributed by atoms with van der Waals surface area (Å²) in [5.41, 5.74) is 0. The van der Waals surface area contributed by atoms with Gasteiger partial charge in [0.05, 0.1) is 12.3 Å². The molecule has 1 aliphatic rings. The molecule has 0 aromatic rings. The maximum atomic E-state index is 13.0. The van der Waals surface area contributed by atoms with Crippen LogP contribution in [0.1, 0.15) is 207 Å². The third-order valence-electron chi connectivity index (χ3n) is 11.2. The van der Waals surface area contributed by atoms with Crippen LogP contribution in [-0.2, 0) is 38.0 Å². The highest BCUT2D eigenvalue weighted by Gasteiger charge is 2.23. The molecule has 2 unspecified atom stereocenters. The number of carbonyl (C=O) groups excluding carboxylic acids is 3.